The number of aryl methyl sites for hydroxylation is 1. The van der Waals surface area contributed by atoms with Gasteiger partial charge in [-0.1, -0.05) is 0 Å². The number of nitrogens with zero attached hydrogens (tertiary/aromatic N) is 1. The van der Waals surface area contributed by atoms with Crippen molar-refractivity contribution in [2.45, 2.75) is 13.3 Å². The first kappa shape index (κ1) is 8.04. The van der Waals surface area contributed by atoms with Crippen LogP contribution >= 0.6 is 0 Å². The van der Waals surface area contributed by atoms with Crippen LogP contribution in [0, 0.1) is 6.92 Å². The number of carbonyl (C=O) groups is 1. The molecule has 1 amide bonds. The quantitative estimate of drug-likeness (QED) is 0.603. The van der Waals surface area contributed by atoms with Gasteiger partial charge in [0.1, 0.15) is 5.75 Å². The molecule has 1 aromatic rings. The lowest BCUT2D eigenvalue weighted by Gasteiger charge is -2.17. The minimum atomic E-state index is -0.204. The van der Waals surface area contributed by atoms with E-state index in [1.807, 2.05) is 0 Å². The van der Waals surface area contributed by atoms with Gasteiger partial charge in [0, 0.05) is 12.7 Å². The molecule has 68 valence electrons. The Hall–Kier alpha value is -1.58. The zero-order valence-electron chi connectivity index (χ0n) is 7.29. The molecule has 1 aliphatic heterocycles. The van der Waals surface area contributed by atoms with Crippen molar-refractivity contribution < 1.29 is 9.90 Å². The number of carbonyl (C=O) groups excluding carboxylic acids is 1. The molecular formula is C9H10N2O2. The molecule has 13 heavy (non-hydrogen) atoms. The lowest BCUT2D eigenvalue weighted by molar-refractivity contribution is 0.0942. The molecule has 0 radical (unpaired) electrons. The molecule has 0 aliphatic carbocycles. The molecule has 1 aromatic heterocycles. The largest absolute Gasteiger partial charge is 0.505 e. The summed E-state index contributed by atoms with van der Waals surface area (Å²) in [5, 5.41) is 12.3. The number of rotatable bonds is 0. The Morgan fingerprint density at radius 2 is 2.38 bits per heavy atom. The topological polar surface area (TPSA) is 62.2 Å². The maximum atomic E-state index is 11.4. The standard InChI is InChI=1S/C9H10N2O2/c1-5-8(12)7-6(4-11-5)2-3-10-9(7)13/h4,12H,2-3H2,1H3,(H,10,13). The summed E-state index contributed by atoms with van der Waals surface area (Å²) in [5.41, 5.74) is 1.71. The Bertz CT molecular complexity index is 374. The Morgan fingerprint density at radius 1 is 1.62 bits per heavy atom. The van der Waals surface area contributed by atoms with Crippen molar-refractivity contribution in [3.8, 4) is 5.75 Å². The van der Waals surface area contributed by atoms with E-state index in [-0.39, 0.29) is 11.7 Å². The first-order valence-corrected chi connectivity index (χ1v) is 4.16. The summed E-state index contributed by atoms with van der Waals surface area (Å²) in [5.74, 6) is -0.195. The van der Waals surface area contributed by atoms with Crippen LogP contribution in [0.1, 0.15) is 21.6 Å². The molecule has 0 bridgehead atoms. The zero-order chi connectivity index (χ0) is 9.42. The summed E-state index contributed by atoms with van der Waals surface area (Å²) in [6, 6.07) is 0. The number of pyridine rings is 1. The number of fused-ring (bicyclic) bond motifs is 1. The molecule has 2 N–H and O–H groups in total. The number of hydrogen-bond donors (Lipinski definition) is 2. The lowest BCUT2D eigenvalue weighted by atomic mass is 10.0. The van der Waals surface area contributed by atoms with Gasteiger partial charge >= 0.3 is 0 Å². The molecule has 2 heterocycles. The number of nitrogens with one attached hydrogen (secondary N) is 1. The highest BCUT2D eigenvalue weighted by Gasteiger charge is 2.21. The Kier molecular flexibility index (Phi) is 1.69. The molecule has 0 spiro atoms. The minimum Gasteiger partial charge on any atom is -0.505 e. The van der Waals surface area contributed by atoms with Gasteiger partial charge in [-0.15, -0.1) is 0 Å². The van der Waals surface area contributed by atoms with Crippen molar-refractivity contribution in [3.05, 3.63) is 23.0 Å². The fourth-order valence-corrected chi connectivity index (χ4v) is 1.48. The van der Waals surface area contributed by atoms with E-state index in [9.17, 15) is 9.90 Å². The first-order valence-electron chi connectivity index (χ1n) is 4.16. The average molecular weight is 178 g/mol. The summed E-state index contributed by atoms with van der Waals surface area (Å²) in [4.78, 5) is 15.4. The summed E-state index contributed by atoms with van der Waals surface area (Å²) in [6.45, 7) is 2.30. The van der Waals surface area contributed by atoms with Crippen molar-refractivity contribution in [2.75, 3.05) is 6.54 Å². The molecule has 0 aromatic carbocycles. The molecule has 0 atom stereocenters. The van der Waals surface area contributed by atoms with E-state index in [1.165, 1.54) is 0 Å². The smallest absolute Gasteiger partial charge is 0.255 e. The van der Waals surface area contributed by atoms with E-state index < -0.39 is 0 Å². The summed E-state index contributed by atoms with van der Waals surface area (Å²) < 4.78 is 0. The van der Waals surface area contributed by atoms with Crippen molar-refractivity contribution in [1.29, 1.82) is 0 Å². The monoisotopic (exact) mass is 178 g/mol. The minimum absolute atomic E-state index is 0.00898. The van der Waals surface area contributed by atoms with Crippen LogP contribution in [0.5, 0.6) is 5.75 Å². The second-order valence-corrected chi connectivity index (χ2v) is 3.10. The maximum Gasteiger partial charge on any atom is 0.255 e. The van der Waals surface area contributed by atoms with E-state index >= 15 is 0 Å². The van der Waals surface area contributed by atoms with Gasteiger partial charge in [-0.25, -0.2) is 0 Å². The van der Waals surface area contributed by atoms with Crippen LogP contribution in [0.2, 0.25) is 0 Å². The second-order valence-electron chi connectivity index (χ2n) is 3.10. The summed E-state index contributed by atoms with van der Waals surface area (Å²) in [6.07, 6.45) is 2.39. The Labute approximate surface area is 75.6 Å². The van der Waals surface area contributed by atoms with E-state index in [0.29, 0.717) is 17.8 Å². The van der Waals surface area contributed by atoms with Crippen LogP contribution in [-0.4, -0.2) is 22.5 Å². The summed E-state index contributed by atoms with van der Waals surface area (Å²) >= 11 is 0. The van der Waals surface area contributed by atoms with Crippen LogP contribution in [0.4, 0.5) is 0 Å². The first-order chi connectivity index (χ1) is 6.20. The van der Waals surface area contributed by atoms with Crippen LogP contribution in [-0.2, 0) is 6.42 Å². The number of amides is 1. The van der Waals surface area contributed by atoms with Gasteiger partial charge in [-0.2, -0.15) is 0 Å². The van der Waals surface area contributed by atoms with Gasteiger partial charge in [0.15, 0.2) is 0 Å². The van der Waals surface area contributed by atoms with Gasteiger partial charge in [0.25, 0.3) is 5.91 Å². The fraction of sp³-hybridized carbons (Fsp3) is 0.333. The third-order valence-electron chi connectivity index (χ3n) is 2.22. The number of hydrogen-bond acceptors (Lipinski definition) is 3. The molecule has 1 aliphatic rings. The molecule has 0 saturated heterocycles. The van der Waals surface area contributed by atoms with Gasteiger partial charge < -0.3 is 10.4 Å². The van der Waals surface area contributed by atoms with Crippen molar-refractivity contribution in [1.82, 2.24) is 10.3 Å². The fourth-order valence-electron chi connectivity index (χ4n) is 1.48. The molecule has 0 fully saturated rings. The maximum absolute atomic E-state index is 11.4. The van der Waals surface area contributed by atoms with Gasteiger partial charge in [0.2, 0.25) is 0 Å². The van der Waals surface area contributed by atoms with E-state index in [4.69, 9.17) is 0 Å². The van der Waals surface area contributed by atoms with Crippen LogP contribution in [0.3, 0.4) is 0 Å². The van der Waals surface area contributed by atoms with Gasteiger partial charge in [-0.3, -0.25) is 9.78 Å². The lowest BCUT2D eigenvalue weighted by Crippen LogP contribution is -2.32. The van der Waals surface area contributed by atoms with Crippen molar-refractivity contribution in [3.63, 3.8) is 0 Å². The third-order valence-corrected chi connectivity index (χ3v) is 2.22. The molecule has 4 nitrogen and oxygen atoms in total. The van der Waals surface area contributed by atoms with Crippen LogP contribution in [0.15, 0.2) is 6.20 Å². The third kappa shape index (κ3) is 1.14. The SMILES string of the molecule is Cc1ncc2c(c1O)C(=O)NCC2. The second kappa shape index (κ2) is 2.73. The highest BCUT2D eigenvalue weighted by atomic mass is 16.3. The predicted molar refractivity (Wildman–Crippen MR) is 46.7 cm³/mol. The van der Waals surface area contributed by atoms with Gasteiger partial charge in [0.05, 0.1) is 11.3 Å². The molecule has 0 saturated carbocycles. The molecule has 4 heteroatoms. The number of aromatic nitrogens is 1. The summed E-state index contributed by atoms with van der Waals surface area (Å²) in [7, 11) is 0. The van der Waals surface area contributed by atoms with Crippen LogP contribution < -0.4 is 5.32 Å². The van der Waals surface area contributed by atoms with E-state index in [2.05, 4.69) is 10.3 Å². The van der Waals surface area contributed by atoms with E-state index in [0.717, 1.165) is 12.0 Å². The highest BCUT2D eigenvalue weighted by molar-refractivity contribution is 5.99. The average Bonchev–Trinajstić information content (AvgIpc) is 2.12. The molecule has 2 rings (SSSR count). The normalized spacial score (nSPS) is 15.0. The highest BCUT2D eigenvalue weighted by Crippen LogP contribution is 2.25. The van der Waals surface area contributed by atoms with Crippen molar-refractivity contribution >= 4 is 5.91 Å². The van der Waals surface area contributed by atoms with Gasteiger partial charge in [-0.05, 0) is 18.9 Å². The molecule has 0 unspecified atom stereocenters. The van der Waals surface area contributed by atoms with E-state index in [1.54, 1.807) is 13.1 Å². The van der Waals surface area contributed by atoms with Crippen molar-refractivity contribution in [2.24, 2.45) is 0 Å². The zero-order valence-corrected chi connectivity index (χ0v) is 7.29. The Morgan fingerprint density at radius 3 is 3.15 bits per heavy atom. The predicted octanol–water partition coefficient (Wildman–Crippen LogP) is 0.382. The van der Waals surface area contributed by atoms with Crippen LogP contribution in [0.25, 0.3) is 0 Å². The number of aromatic hydroxyl groups is 1. The molecular weight excluding hydrogens is 168 g/mol. The Balaban J connectivity index is 2.65.